The van der Waals surface area contributed by atoms with E-state index in [4.69, 9.17) is 4.74 Å². The minimum absolute atomic E-state index is 0.0249. The van der Waals surface area contributed by atoms with E-state index in [0.29, 0.717) is 6.61 Å². The van der Waals surface area contributed by atoms with Crippen LogP contribution in [0.4, 0.5) is 4.39 Å². The zero-order valence-corrected chi connectivity index (χ0v) is 14.4. The van der Waals surface area contributed by atoms with Gasteiger partial charge in [-0.1, -0.05) is 32.0 Å². The molecule has 0 radical (unpaired) electrons. The molecule has 134 valence electrons. The van der Waals surface area contributed by atoms with Crippen LogP contribution in [-0.4, -0.2) is 41.0 Å². The molecule has 6 heteroatoms. The van der Waals surface area contributed by atoms with Gasteiger partial charge < -0.3 is 14.7 Å². The smallest absolute Gasteiger partial charge is 0.290 e. The third-order valence-electron chi connectivity index (χ3n) is 4.72. The molecule has 1 aromatic rings. The topological polar surface area (TPSA) is 66.8 Å². The van der Waals surface area contributed by atoms with Crippen molar-refractivity contribution in [1.29, 1.82) is 0 Å². The first-order chi connectivity index (χ1) is 11.9. The van der Waals surface area contributed by atoms with Gasteiger partial charge in [0.1, 0.15) is 5.82 Å². The van der Waals surface area contributed by atoms with Gasteiger partial charge in [-0.2, -0.15) is 0 Å². The molecular formula is C19H22FNO4. The fourth-order valence-corrected chi connectivity index (χ4v) is 3.43. The molecule has 2 atom stereocenters. The van der Waals surface area contributed by atoms with Crippen molar-refractivity contribution in [3.05, 3.63) is 47.0 Å². The maximum Gasteiger partial charge on any atom is 0.290 e. The lowest BCUT2D eigenvalue weighted by Crippen LogP contribution is -2.37. The van der Waals surface area contributed by atoms with E-state index in [1.807, 2.05) is 0 Å². The summed E-state index contributed by atoms with van der Waals surface area (Å²) in [7, 11) is 0. The largest absolute Gasteiger partial charge is 0.503 e. The first-order valence-electron chi connectivity index (χ1n) is 8.56. The van der Waals surface area contributed by atoms with Crippen LogP contribution < -0.4 is 0 Å². The van der Waals surface area contributed by atoms with Gasteiger partial charge in [0, 0.05) is 24.6 Å². The maximum absolute atomic E-state index is 14.4. The van der Waals surface area contributed by atoms with E-state index < -0.39 is 29.4 Å². The minimum Gasteiger partial charge on any atom is -0.503 e. The van der Waals surface area contributed by atoms with E-state index in [1.165, 1.54) is 11.0 Å². The Balaban J connectivity index is 2.04. The Morgan fingerprint density at radius 2 is 2.12 bits per heavy atom. The molecule has 0 aliphatic carbocycles. The van der Waals surface area contributed by atoms with Gasteiger partial charge in [0.25, 0.3) is 5.91 Å². The number of carbonyl (C=O) groups is 2. The summed E-state index contributed by atoms with van der Waals surface area (Å²) in [6.45, 7) is 4.22. The minimum atomic E-state index is -0.923. The highest BCUT2D eigenvalue weighted by Gasteiger charge is 2.45. The number of carbonyl (C=O) groups excluding carboxylic acids is 2. The fourth-order valence-electron chi connectivity index (χ4n) is 3.43. The number of amides is 1. The van der Waals surface area contributed by atoms with Gasteiger partial charge in [0.05, 0.1) is 17.7 Å². The highest BCUT2D eigenvalue weighted by atomic mass is 19.1. The van der Waals surface area contributed by atoms with E-state index in [1.54, 1.807) is 32.0 Å². The number of aliphatic hydroxyl groups is 1. The summed E-state index contributed by atoms with van der Waals surface area (Å²) in [5.41, 5.74) is 0.185. The molecule has 0 aromatic heterocycles. The summed E-state index contributed by atoms with van der Waals surface area (Å²) in [4.78, 5) is 26.6. The summed E-state index contributed by atoms with van der Waals surface area (Å²) in [6.07, 6.45) is 1.52. The Morgan fingerprint density at radius 3 is 2.72 bits per heavy atom. The van der Waals surface area contributed by atoms with E-state index in [2.05, 4.69) is 0 Å². The molecule has 0 spiro atoms. The van der Waals surface area contributed by atoms with Gasteiger partial charge in [-0.3, -0.25) is 9.59 Å². The van der Waals surface area contributed by atoms with Gasteiger partial charge in [-0.05, 0) is 18.9 Å². The summed E-state index contributed by atoms with van der Waals surface area (Å²) < 4.78 is 20.0. The predicted molar refractivity (Wildman–Crippen MR) is 89.3 cm³/mol. The van der Waals surface area contributed by atoms with Crippen LogP contribution >= 0.6 is 0 Å². The molecular weight excluding hydrogens is 325 g/mol. The molecule has 1 fully saturated rings. The Bertz CT molecular complexity index is 722. The van der Waals surface area contributed by atoms with Gasteiger partial charge in [0.2, 0.25) is 0 Å². The molecule has 2 unspecified atom stereocenters. The van der Waals surface area contributed by atoms with Crippen LogP contribution in [0.1, 0.15) is 38.3 Å². The summed E-state index contributed by atoms with van der Waals surface area (Å²) in [5, 5.41) is 10.3. The van der Waals surface area contributed by atoms with Gasteiger partial charge in [0.15, 0.2) is 11.5 Å². The number of hydrogen-bond acceptors (Lipinski definition) is 4. The summed E-state index contributed by atoms with van der Waals surface area (Å²) in [5.74, 6) is -2.50. The van der Waals surface area contributed by atoms with E-state index >= 15 is 0 Å². The molecule has 1 aromatic carbocycles. The number of rotatable bonds is 5. The third kappa shape index (κ3) is 3.18. The van der Waals surface area contributed by atoms with Gasteiger partial charge in [-0.15, -0.1) is 0 Å². The standard InChI is InChI=1S/C19H22FNO4/c1-11(2)17(22)15-16(13-7-3-4-8-14(13)20)21(19(24)18(15)23)10-12-6-5-9-25-12/h3-4,7-8,11-12,16,23H,5-6,9-10H2,1-2H3. The molecule has 25 heavy (non-hydrogen) atoms. The lowest BCUT2D eigenvalue weighted by atomic mass is 9.91. The number of benzene rings is 1. The van der Waals surface area contributed by atoms with Crippen LogP contribution in [0, 0.1) is 11.7 Å². The highest BCUT2D eigenvalue weighted by Crippen LogP contribution is 2.40. The normalized spacial score (nSPS) is 23.8. The van der Waals surface area contributed by atoms with Crippen LogP contribution in [0.3, 0.4) is 0 Å². The second kappa shape index (κ2) is 6.96. The number of ether oxygens (including phenoxy) is 1. The fraction of sp³-hybridized carbons (Fsp3) is 0.474. The van der Waals surface area contributed by atoms with E-state index in [-0.39, 0.29) is 29.6 Å². The number of halogens is 1. The Hall–Kier alpha value is -2.21. The van der Waals surface area contributed by atoms with E-state index in [9.17, 15) is 19.1 Å². The van der Waals surface area contributed by atoms with Crippen LogP contribution in [0.15, 0.2) is 35.6 Å². The number of Topliss-reactive ketones (excluding diaryl/α,β-unsaturated/α-hetero) is 1. The summed E-state index contributed by atoms with van der Waals surface area (Å²) >= 11 is 0. The molecule has 1 saturated heterocycles. The first kappa shape index (κ1) is 17.6. The SMILES string of the molecule is CC(C)C(=O)C1=C(O)C(=O)N(CC2CCCO2)C1c1ccccc1F. The molecule has 5 nitrogen and oxygen atoms in total. The zero-order valence-electron chi connectivity index (χ0n) is 14.4. The van der Waals surface area contributed by atoms with Crippen molar-refractivity contribution in [2.75, 3.05) is 13.2 Å². The van der Waals surface area contributed by atoms with E-state index in [0.717, 1.165) is 12.8 Å². The van der Waals surface area contributed by atoms with Crippen molar-refractivity contribution in [2.24, 2.45) is 5.92 Å². The van der Waals surface area contributed by atoms with Crippen LogP contribution in [-0.2, 0) is 14.3 Å². The average molecular weight is 347 g/mol. The van der Waals surface area contributed by atoms with Crippen molar-refractivity contribution in [2.45, 2.75) is 38.8 Å². The molecule has 2 aliphatic rings. The number of nitrogens with zero attached hydrogens (tertiary/aromatic N) is 1. The predicted octanol–water partition coefficient (Wildman–Crippen LogP) is 2.93. The molecule has 3 rings (SSSR count). The zero-order chi connectivity index (χ0) is 18.1. The number of hydrogen-bond donors (Lipinski definition) is 1. The van der Waals surface area contributed by atoms with Crippen LogP contribution in [0.2, 0.25) is 0 Å². The quantitative estimate of drug-likeness (QED) is 0.889. The van der Waals surface area contributed by atoms with Crippen LogP contribution in [0.5, 0.6) is 0 Å². The van der Waals surface area contributed by atoms with Gasteiger partial charge >= 0.3 is 0 Å². The Kier molecular flexibility index (Phi) is 4.90. The second-order valence-electron chi connectivity index (χ2n) is 6.80. The summed E-state index contributed by atoms with van der Waals surface area (Å²) in [6, 6.07) is 5.11. The average Bonchev–Trinajstić information content (AvgIpc) is 3.17. The number of aliphatic hydroxyl groups excluding tert-OH is 1. The molecule has 1 amide bonds. The monoisotopic (exact) mass is 347 g/mol. The van der Waals surface area contributed by atoms with Crippen molar-refractivity contribution in [1.82, 2.24) is 4.90 Å². The first-order valence-corrected chi connectivity index (χ1v) is 8.56. The number of ketones is 1. The maximum atomic E-state index is 14.4. The molecule has 2 heterocycles. The van der Waals surface area contributed by atoms with Crippen molar-refractivity contribution < 1.29 is 23.8 Å². The van der Waals surface area contributed by atoms with Crippen LogP contribution in [0.25, 0.3) is 0 Å². The lowest BCUT2D eigenvalue weighted by molar-refractivity contribution is -0.131. The van der Waals surface area contributed by atoms with Crippen molar-refractivity contribution in [3.63, 3.8) is 0 Å². The lowest BCUT2D eigenvalue weighted by Gasteiger charge is -2.29. The second-order valence-corrected chi connectivity index (χ2v) is 6.80. The highest BCUT2D eigenvalue weighted by molar-refractivity contribution is 6.09. The Labute approximate surface area is 146 Å². The third-order valence-corrected chi connectivity index (χ3v) is 4.72. The van der Waals surface area contributed by atoms with Crippen molar-refractivity contribution >= 4 is 11.7 Å². The molecule has 0 saturated carbocycles. The molecule has 1 N–H and O–H groups in total. The molecule has 2 aliphatic heterocycles. The van der Waals surface area contributed by atoms with Crippen molar-refractivity contribution in [3.8, 4) is 0 Å². The molecule has 0 bridgehead atoms. The van der Waals surface area contributed by atoms with Gasteiger partial charge in [-0.25, -0.2) is 4.39 Å². The Morgan fingerprint density at radius 1 is 1.40 bits per heavy atom.